The van der Waals surface area contributed by atoms with E-state index in [1.807, 2.05) is 18.4 Å². The largest absolute Gasteiger partial charge is 0.478 e. The Morgan fingerprint density at radius 2 is 2.33 bits per heavy atom. The van der Waals surface area contributed by atoms with Crippen molar-refractivity contribution >= 4 is 17.0 Å². The number of rotatable bonds is 5. The second-order valence-electron chi connectivity index (χ2n) is 4.17. The summed E-state index contributed by atoms with van der Waals surface area (Å²) in [6.07, 6.45) is 1.78. The highest BCUT2D eigenvalue weighted by molar-refractivity contribution is 5.92. The summed E-state index contributed by atoms with van der Waals surface area (Å²) >= 11 is 0. The number of aromatic nitrogens is 2. The van der Waals surface area contributed by atoms with E-state index in [0.29, 0.717) is 13.2 Å². The van der Waals surface area contributed by atoms with E-state index in [4.69, 9.17) is 9.84 Å². The van der Waals surface area contributed by atoms with Crippen molar-refractivity contribution in [3.05, 3.63) is 30.1 Å². The average Bonchev–Trinajstić information content (AvgIpc) is 2.72. The SMILES string of the molecule is CCOC(C)Cn1cnc2ccc(C(=O)O)cc21. The first-order chi connectivity index (χ1) is 8.61. The Kier molecular flexibility index (Phi) is 3.62. The summed E-state index contributed by atoms with van der Waals surface area (Å²) in [6.45, 7) is 5.25. The molecule has 0 saturated heterocycles. The summed E-state index contributed by atoms with van der Waals surface area (Å²) in [6, 6.07) is 4.93. The molecule has 96 valence electrons. The van der Waals surface area contributed by atoms with Crippen LogP contribution in [0.3, 0.4) is 0 Å². The molecule has 0 aliphatic rings. The number of aromatic carboxylic acids is 1. The summed E-state index contributed by atoms with van der Waals surface area (Å²) in [5.41, 5.74) is 1.89. The van der Waals surface area contributed by atoms with Crippen molar-refractivity contribution in [1.29, 1.82) is 0 Å². The lowest BCUT2D eigenvalue weighted by Crippen LogP contribution is -2.15. The van der Waals surface area contributed by atoms with Gasteiger partial charge in [-0.3, -0.25) is 0 Å². The van der Waals surface area contributed by atoms with E-state index in [2.05, 4.69) is 4.98 Å². The van der Waals surface area contributed by atoms with Crippen LogP contribution < -0.4 is 0 Å². The van der Waals surface area contributed by atoms with Crippen LogP contribution in [-0.4, -0.2) is 33.3 Å². The molecule has 1 N–H and O–H groups in total. The molecule has 5 heteroatoms. The number of carbonyl (C=O) groups is 1. The van der Waals surface area contributed by atoms with Gasteiger partial charge in [-0.2, -0.15) is 0 Å². The normalized spacial score (nSPS) is 12.8. The minimum absolute atomic E-state index is 0.0703. The van der Waals surface area contributed by atoms with Crippen LogP contribution in [0.25, 0.3) is 11.0 Å². The van der Waals surface area contributed by atoms with E-state index in [9.17, 15) is 4.79 Å². The van der Waals surface area contributed by atoms with Crippen LogP contribution in [0.5, 0.6) is 0 Å². The quantitative estimate of drug-likeness (QED) is 0.880. The molecule has 1 aromatic carbocycles. The Bertz CT molecular complexity index is 562. The number of nitrogens with zero attached hydrogens (tertiary/aromatic N) is 2. The van der Waals surface area contributed by atoms with Crippen LogP contribution >= 0.6 is 0 Å². The van der Waals surface area contributed by atoms with Gasteiger partial charge in [0.2, 0.25) is 0 Å². The Morgan fingerprint density at radius 3 is 3.00 bits per heavy atom. The maximum Gasteiger partial charge on any atom is 0.335 e. The first-order valence-corrected chi connectivity index (χ1v) is 5.91. The molecule has 0 radical (unpaired) electrons. The van der Waals surface area contributed by atoms with Crippen molar-refractivity contribution in [3.8, 4) is 0 Å². The van der Waals surface area contributed by atoms with Crippen molar-refractivity contribution in [1.82, 2.24) is 9.55 Å². The third-order valence-corrected chi connectivity index (χ3v) is 2.77. The Balaban J connectivity index is 2.33. The number of hydrogen-bond acceptors (Lipinski definition) is 3. The number of imidazole rings is 1. The minimum atomic E-state index is -0.928. The molecule has 0 spiro atoms. The van der Waals surface area contributed by atoms with Gasteiger partial charge in [0.1, 0.15) is 0 Å². The second kappa shape index (κ2) is 5.18. The first kappa shape index (κ1) is 12.6. The fraction of sp³-hybridized carbons (Fsp3) is 0.385. The first-order valence-electron chi connectivity index (χ1n) is 5.91. The lowest BCUT2D eigenvalue weighted by Gasteiger charge is -2.12. The predicted octanol–water partition coefficient (Wildman–Crippen LogP) is 2.16. The van der Waals surface area contributed by atoms with Gasteiger partial charge in [-0.25, -0.2) is 9.78 Å². The van der Waals surface area contributed by atoms with Gasteiger partial charge < -0.3 is 14.4 Å². The zero-order valence-electron chi connectivity index (χ0n) is 10.5. The molecule has 2 rings (SSSR count). The lowest BCUT2D eigenvalue weighted by atomic mass is 10.2. The molecular weight excluding hydrogens is 232 g/mol. The molecule has 0 aliphatic heterocycles. The van der Waals surface area contributed by atoms with Gasteiger partial charge in [0.05, 0.1) is 35.6 Å². The highest BCUT2D eigenvalue weighted by Crippen LogP contribution is 2.16. The molecule has 0 bridgehead atoms. The Labute approximate surface area is 105 Å². The summed E-state index contributed by atoms with van der Waals surface area (Å²) in [7, 11) is 0. The van der Waals surface area contributed by atoms with Gasteiger partial charge in [0.15, 0.2) is 0 Å². The molecule has 1 unspecified atom stereocenters. The van der Waals surface area contributed by atoms with Crippen molar-refractivity contribution in [3.63, 3.8) is 0 Å². The van der Waals surface area contributed by atoms with Gasteiger partial charge in [-0.1, -0.05) is 0 Å². The van der Waals surface area contributed by atoms with E-state index >= 15 is 0 Å². The van der Waals surface area contributed by atoms with Crippen LogP contribution in [0, 0.1) is 0 Å². The van der Waals surface area contributed by atoms with E-state index in [0.717, 1.165) is 11.0 Å². The number of carboxylic acid groups (broad SMARTS) is 1. The standard InChI is InChI=1S/C13H16N2O3/c1-3-18-9(2)7-15-8-14-11-5-4-10(13(16)17)6-12(11)15/h4-6,8-9H,3,7H2,1-2H3,(H,16,17). The molecule has 5 nitrogen and oxygen atoms in total. The number of fused-ring (bicyclic) bond motifs is 1. The molecule has 0 fully saturated rings. The highest BCUT2D eigenvalue weighted by atomic mass is 16.5. The van der Waals surface area contributed by atoms with Crippen LogP contribution in [0.15, 0.2) is 24.5 Å². The molecule has 0 amide bonds. The zero-order valence-corrected chi connectivity index (χ0v) is 10.5. The molecule has 0 aliphatic carbocycles. The smallest absolute Gasteiger partial charge is 0.335 e. The predicted molar refractivity (Wildman–Crippen MR) is 67.8 cm³/mol. The Morgan fingerprint density at radius 1 is 1.56 bits per heavy atom. The van der Waals surface area contributed by atoms with Crippen molar-refractivity contribution in [2.75, 3.05) is 6.61 Å². The van der Waals surface area contributed by atoms with Gasteiger partial charge in [0.25, 0.3) is 0 Å². The summed E-state index contributed by atoms with van der Waals surface area (Å²) in [5, 5.41) is 8.98. The molecular formula is C13H16N2O3. The number of carboxylic acids is 1. The maximum atomic E-state index is 10.9. The second-order valence-corrected chi connectivity index (χ2v) is 4.17. The fourth-order valence-corrected chi connectivity index (χ4v) is 1.95. The molecule has 2 aromatic rings. The van der Waals surface area contributed by atoms with Gasteiger partial charge in [0, 0.05) is 6.61 Å². The highest BCUT2D eigenvalue weighted by Gasteiger charge is 2.10. The average molecular weight is 248 g/mol. The Hall–Kier alpha value is -1.88. The van der Waals surface area contributed by atoms with Crippen molar-refractivity contribution in [2.45, 2.75) is 26.5 Å². The van der Waals surface area contributed by atoms with Crippen molar-refractivity contribution < 1.29 is 14.6 Å². The van der Waals surface area contributed by atoms with Crippen LogP contribution in [0.1, 0.15) is 24.2 Å². The van der Waals surface area contributed by atoms with Crippen LogP contribution in [0.4, 0.5) is 0 Å². The third kappa shape index (κ3) is 2.51. The monoisotopic (exact) mass is 248 g/mol. The number of ether oxygens (including phenoxy) is 1. The maximum absolute atomic E-state index is 10.9. The summed E-state index contributed by atoms with van der Waals surface area (Å²) in [4.78, 5) is 15.2. The third-order valence-electron chi connectivity index (χ3n) is 2.77. The number of benzene rings is 1. The van der Waals surface area contributed by atoms with Gasteiger partial charge >= 0.3 is 5.97 Å². The molecule has 0 saturated carbocycles. The van der Waals surface area contributed by atoms with E-state index < -0.39 is 5.97 Å². The van der Waals surface area contributed by atoms with Crippen molar-refractivity contribution in [2.24, 2.45) is 0 Å². The van der Waals surface area contributed by atoms with Crippen LogP contribution in [0.2, 0.25) is 0 Å². The molecule has 1 heterocycles. The molecule has 1 atom stereocenters. The van der Waals surface area contributed by atoms with Gasteiger partial charge in [-0.05, 0) is 32.0 Å². The minimum Gasteiger partial charge on any atom is -0.478 e. The fourth-order valence-electron chi connectivity index (χ4n) is 1.95. The van der Waals surface area contributed by atoms with Gasteiger partial charge in [-0.15, -0.1) is 0 Å². The lowest BCUT2D eigenvalue weighted by molar-refractivity contribution is 0.0648. The number of hydrogen-bond donors (Lipinski definition) is 1. The summed E-state index contributed by atoms with van der Waals surface area (Å²) in [5.74, 6) is -0.928. The molecule has 18 heavy (non-hydrogen) atoms. The van der Waals surface area contributed by atoms with E-state index in [1.54, 1.807) is 24.5 Å². The van der Waals surface area contributed by atoms with E-state index in [1.165, 1.54) is 0 Å². The summed E-state index contributed by atoms with van der Waals surface area (Å²) < 4.78 is 7.40. The molecule has 1 aromatic heterocycles. The topological polar surface area (TPSA) is 64.4 Å². The zero-order chi connectivity index (χ0) is 13.1. The van der Waals surface area contributed by atoms with E-state index in [-0.39, 0.29) is 11.7 Å². The van der Waals surface area contributed by atoms with Crippen LogP contribution in [-0.2, 0) is 11.3 Å².